The zero-order chi connectivity index (χ0) is 19.0. The first kappa shape index (κ1) is 17.2. The maximum Gasteiger partial charge on any atom is 0.264 e. The van der Waals surface area contributed by atoms with Crippen LogP contribution in [0.4, 0.5) is 0 Å². The molecule has 0 N–H and O–H groups in total. The van der Waals surface area contributed by atoms with Gasteiger partial charge in [0.2, 0.25) is 0 Å². The van der Waals surface area contributed by atoms with Gasteiger partial charge in [-0.05, 0) is 56.0 Å². The molecule has 136 valence electrons. The topological polar surface area (TPSA) is 52.7 Å². The first-order valence-electron chi connectivity index (χ1n) is 9.11. The Morgan fingerprint density at radius 3 is 2.48 bits per heavy atom. The van der Waals surface area contributed by atoms with E-state index in [1.807, 2.05) is 31.2 Å². The number of fused-ring (bicyclic) bond motifs is 1. The number of aromatic nitrogens is 4. The van der Waals surface area contributed by atoms with Crippen molar-refractivity contribution in [3.05, 3.63) is 87.6 Å². The predicted molar refractivity (Wildman–Crippen MR) is 107 cm³/mol. The van der Waals surface area contributed by atoms with Crippen molar-refractivity contribution >= 4 is 11.0 Å². The van der Waals surface area contributed by atoms with Gasteiger partial charge in [0, 0.05) is 6.54 Å². The first-order chi connectivity index (χ1) is 13.0. The average molecular weight is 358 g/mol. The van der Waals surface area contributed by atoms with Crippen molar-refractivity contribution in [2.24, 2.45) is 0 Å². The third-order valence-electron chi connectivity index (χ3n) is 5.08. The third kappa shape index (κ3) is 3.16. The minimum Gasteiger partial charge on any atom is -0.296 e. The molecule has 2 aromatic heterocycles. The molecule has 0 spiro atoms. The molecule has 0 saturated heterocycles. The molecular weight excluding hydrogens is 336 g/mol. The molecule has 4 rings (SSSR count). The van der Waals surface area contributed by atoms with Crippen LogP contribution in [0.1, 0.15) is 22.5 Å². The molecule has 2 aromatic carbocycles. The smallest absolute Gasteiger partial charge is 0.264 e. The van der Waals surface area contributed by atoms with E-state index < -0.39 is 0 Å². The number of hydrogen-bond donors (Lipinski definition) is 0. The van der Waals surface area contributed by atoms with Gasteiger partial charge in [-0.3, -0.25) is 9.36 Å². The minimum absolute atomic E-state index is 0.0384. The molecule has 27 heavy (non-hydrogen) atoms. The highest BCUT2D eigenvalue weighted by molar-refractivity contribution is 5.75. The van der Waals surface area contributed by atoms with Gasteiger partial charge in [-0.15, -0.1) is 0 Å². The van der Waals surface area contributed by atoms with Crippen LogP contribution in [0.15, 0.2) is 59.5 Å². The maximum absolute atomic E-state index is 13.0. The van der Waals surface area contributed by atoms with Gasteiger partial charge < -0.3 is 0 Å². The lowest BCUT2D eigenvalue weighted by molar-refractivity contribution is 0.637. The highest BCUT2D eigenvalue weighted by Gasteiger charge is 2.14. The van der Waals surface area contributed by atoms with E-state index in [-0.39, 0.29) is 5.56 Å². The molecule has 5 heteroatoms. The van der Waals surface area contributed by atoms with Crippen molar-refractivity contribution in [3.63, 3.8) is 0 Å². The molecule has 2 heterocycles. The molecule has 0 aliphatic carbocycles. The Balaban J connectivity index is 1.75. The molecule has 0 aliphatic heterocycles. The third-order valence-corrected chi connectivity index (χ3v) is 5.08. The van der Waals surface area contributed by atoms with Crippen LogP contribution < -0.4 is 5.56 Å². The molecule has 0 fully saturated rings. The van der Waals surface area contributed by atoms with Gasteiger partial charge in [0.05, 0.1) is 11.9 Å². The van der Waals surface area contributed by atoms with Crippen LogP contribution in [0.2, 0.25) is 0 Å². The fraction of sp³-hybridized carbons (Fsp3) is 0.227. The Hall–Kier alpha value is -3.21. The predicted octanol–water partition coefficient (Wildman–Crippen LogP) is 3.75. The largest absolute Gasteiger partial charge is 0.296 e. The molecule has 0 saturated carbocycles. The minimum atomic E-state index is -0.0384. The van der Waals surface area contributed by atoms with Crippen molar-refractivity contribution in [1.82, 2.24) is 19.3 Å². The van der Waals surface area contributed by atoms with Gasteiger partial charge in [-0.2, -0.15) is 5.10 Å². The summed E-state index contributed by atoms with van der Waals surface area (Å²) in [5.41, 5.74) is 5.10. The van der Waals surface area contributed by atoms with Crippen molar-refractivity contribution in [3.8, 4) is 5.69 Å². The number of rotatable bonds is 4. The SMILES string of the molecule is Cc1ccc(-n2ncc3c(=O)n(CCc4ccccc4)c(C)nc32)cc1C. The molecule has 0 radical (unpaired) electrons. The standard InChI is InChI=1S/C22H22N4O/c1-15-9-10-19(13-16(15)2)26-21-20(14-23-26)22(27)25(17(3)24-21)12-11-18-7-5-4-6-8-18/h4-10,13-14H,11-12H2,1-3H3. The lowest BCUT2D eigenvalue weighted by atomic mass is 10.1. The Bertz CT molecular complexity index is 1170. The fourth-order valence-electron chi connectivity index (χ4n) is 3.30. The van der Waals surface area contributed by atoms with E-state index in [2.05, 4.69) is 43.2 Å². The summed E-state index contributed by atoms with van der Waals surface area (Å²) in [5.74, 6) is 0.703. The lowest BCUT2D eigenvalue weighted by Crippen LogP contribution is -2.24. The number of hydrogen-bond acceptors (Lipinski definition) is 3. The van der Waals surface area contributed by atoms with E-state index in [0.717, 1.165) is 12.1 Å². The quantitative estimate of drug-likeness (QED) is 0.558. The van der Waals surface area contributed by atoms with Crippen molar-refractivity contribution in [2.45, 2.75) is 33.7 Å². The fourth-order valence-corrected chi connectivity index (χ4v) is 3.30. The van der Waals surface area contributed by atoms with Crippen LogP contribution in [0, 0.1) is 20.8 Å². The monoisotopic (exact) mass is 358 g/mol. The molecule has 0 amide bonds. The Labute approximate surface area is 157 Å². The maximum atomic E-state index is 13.0. The van der Waals surface area contributed by atoms with Gasteiger partial charge in [0.1, 0.15) is 11.2 Å². The van der Waals surface area contributed by atoms with Crippen LogP contribution in [-0.2, 0) is 13.0 Å². The van der Waals surface area contributed by atoms with Crippen LogP contribution >= 0.6 is 0 Å². The zero-order valence-electron chi connectivity index (χ0n) is 15.8. The van der Waals surface area contributed by atoms with E-state index in [1.54, 1.807) is 15.4 Å². The Kier molecular flexibility index (Phi) is 4.36. The number of nitrogens with zero attached hydrogens (tertiary/aromatic N) is 4. The second-order valence-corrected chi connectivity index (χ2v) is 6.91. The van der Waals surface area contributed by atoms with E-state index >= 15 is 0 Å². The molecule has 5 nitrogen and oxygen atoms in total. The normalized spacial score (nSPS) is 11.2. The summed E-state index contributed by atoms with van der Waals surface area (Å²) in [4.78, 5) is 17.7. The van der Waals surface area contributed by atoms with E-state index in [0.29, 0.717) is 23.4 Å². The van der Waals surface area contributed by atoms with Gasteiger partial charge in [-0.25, -0.2) is 9.67 Å². The Morgan fingerprint density at radius 2 is 1.74 bits per heavy atom. The second kappa shape index (κ2) is 6.83. The van der Waals surface area contributed by atoms with Crippen molar-refractivity contribution in [1.29, 1.82) is 0 Å². The molecule has 4 aromatic rings. The Morgan fingerprint density at radius 1 is 0.963 bits per heavy atom. The molecule has 0 atom stereocenters. The van der Waals surface area contributed by atoms with E-state index in [1.165, 1.54) is 16.7 Å². The van der Waals surface area contributed by atoms with Gasteiger partial charge in [-0.1, -0.05) is 36.4 Å². The zero-order valence-corrected chi connectivity index (χ0v) is 15.8. The highest BCUT2D eigenvalue weighted by Crippen LogP contribution is 2.18. The van der Waals surface area contributed by atoms with Crippen LogP contribution in [0.5, 0.6) is 0 Å². The summed E-state index contributed by atoms with van der Waals surface area (Å²) >= 11 is 0. The molecule has 0 unspecified atom stereocenters. The average Bonchev–Trinajstić information content (AvgIpc) is 3.08. The number of aryl methyl sites for hydroxylation is 4. The van der Waals surface area contributed by atoms with Crippen LogP contribution in [0.25, 0.3) is 16.7 Å². The van der Waals surface area contributed by atoms with Gasteiger partial charge in [0.15, 0.2) is 5.65 Å². The van der Waals surface area contributed by atoms with Crippen molar-refractivity contribution < 1.29 is 0 Å². The highest BCUT2D eigenvalue weighted by atomic mass is 16.1. The summed E-state index contributed by atoms with van der Waals surface area (Å²) in [6.07, 6.45) is 2.42. The summed E-state index contributed by atoms with van der Waals surface area (Å²) in [5, 5.41) is 4.99. The first-order valence-corrected chi connectivity index (χ1v) is 9.11. The summed E-state index contributed by atoms with van der Waals surface area (Å²) in [6.45, 7) is 6.63. The molecular formula is C22H22N4O. The van der Waals surface area contributed by atoms with Crippen LogP contribution in [0.3, 0.4) is 0 Å². The van der Waals surface area contributed by atoms with Crippen LogP contribution in [-0.4, -0.2) is 19.3 Å². The van der Waals surface area contributed by atoms with E-state index in [9.17, 15) is 4.79 Å². The van der Waals surface area contributed by atoms with E-state index in [4.69, 9.17) is 4.98 Å². The summed E-state index contributed by atoms with van der Waals surface area (Å²) in [6, 6.07) is 16.3. The van der Waals surface area contributed by atoms with Gasteiger partial charge in [0.25, 0.3) is 5.56 Å². The summed E-state index contributed by atoms with van der Waals surface area (Å²) < 4.78 is 3.49. The van der Waals surface area contributed by atoms with Crippen molar-refractivity contribution in [2.75, 3.05) is 0 Å². The van der Waals surface area contributed by atoms with Gasteiger partial charge >= 0.3 is 0 Å². The molecule has 0 bridgehead atoms. The second-order valence-electron chi connectivity index (χ2n) is 6.91. The number of benzene rings is 2. The lowest BCUT2D eigenvalue weighted by Gasteiger charge is -2.11. The summed E-state index contributed by atoms with van der Waals surface area (Å²) in [7, 11) is 0. The molecule has 0 aliphatic rings.